The SMILES string of the molecule is CCCC(=O)Nc1ccc(C(=O)CSc2nnc3cc(C)c4ccccc4n23)cc1. The largest absolute Gasteiger partial charge is 0.326 e. The monoisotopic (exact) mass is 418 g/mol. The fourth-order valence-electron chi connectivity index (χ4n) is 3.37. The molecule has 30 heavy (non-hydrogen) atoms. The number of rotatable bonds is 7. The highest BCUT2D eigenvalue weighted by atomic mass is 32.2. The van der Waals surface area contributed by atoms with Gasteiger partial charge in [-0.3, -0.25) is 14.0 Å². The number of para-hydroxylation sites is 1. The van der Waals surface area contributed by atoms with Crippen molar-refractivity contribution in [2.75, 3.05) is 11.1 Å². The predicted octanol–water partition coefficient (Wildman–Crippen LogP) is 4.90. The first-order valence-electron chi connectivity index (χ1n) is 9.86. The molecule has 0 bridgehead atoms. The molecule has 0 spiro atoms. The number of aromatic nitrogens is 3. The van der Waals surface area contributed by atoms with Gasteiger partial charge >= 0.3 is 0 Å². The molecule has 152 valence electrons. The number of pyridine rings is 1. The fraction of sp³-hybridized carbons (Fsp3) is 0.217. The van der Waals surface area contributed by atoms with E-state index in [1.165, 1.54) is 11.8 Å². The number of nitrogens with one attached hydrogen (secondary N) is 1. The fourth-order valence-corrected chi connectivity index (χ4v) is 4.22. The Morgan fingerprint density at radius 3 is 2.60 bits per heavy atom. The highest BCUT2D eigenvalue weighted by molar-refractivity contribution is 7.99. The van der Waals surface area contributed by atoms with Crippen LogP contribution in [0.2, 0.25) is 0 Å². The molecule has 0 radical (unpaired) electrons. The van der Waals surface area contributed by atoms with Gasteiger partial charge in [0.1, 0.15) is 0 Å². The van der Waals surface area contributed by atoms with Crippen molar-refractivity contribution in [3.63, 3.8) is 0 Å². The van der Waals surface area contributed by atoms with Crippen molar-refractivity contribution >= 4 is 45.7 Å². The van der Waals surface area contributed by atoms with Crippen LogP contribution in [0.1, 0.15) is 35.7 Å². The van der Waals surface area contributed by atoms with Gasteiger partial charge in [-0.05, 0) is 55.3 Å². The van der Waals surface area contributed by atoms with Gasteiger partial charge < -0.3 is 5.32 Å². The number of ketones is 1. The lowest BCUT2D eigenvalue weighted by Gasteiger charge is -2.07. The minimum atomic E-state index is -0.0201. The van der Waals surface area contributed by atoms with E-state index >= 15 is 0 Å². The first-order valence-corrected chi connectivity index (χ1v) is 10.8. The van der Waals surface area contributed by atoms with Gasteiger partial charge in [-0.25, -0.2) is 0 Å². The Hall–Kier alpha value is -3.19. The number of benzene rings is 2. The summed E-state index contributed by atoms with van der Waals surface area (Å²) >= 11 is 1.37. The van der Waals surface area contributed by atoms with Gasteiger partial charge in [-0.15, -0.1) is 10.2 Å². The molecule has 0 aliphatic carbocycles. The second-order valence-electron chi connectivity index (χ2n) is 7.11. The first-order chi connectivity index (χ1) is 14.6. The van der Waals surface area contributed by atoms with Crippen LogP contribution in [0.4, 0.5) is 5.69 Å². The summed E-state index contributed by atoms with van der Waals surface area (Å²) < 4.78 is 1.99. The normalized spacial score (nSPS) is 11.1. The van der Waals surface area contributed by atoms with E-state index < -0.39 is 0 Å². The van der Waals surface area contributed by atoms with E-state index in [-0.39, 0.29) is 17.4 Å². The average Bonchev–Trinajstić information content (AvgIpc) is 3.16. The highest BCUT2D eigenvalue weighted by Crippen LogP contribution is 2.26. The summed E-state index contributed by atoms with van der Waals surface area (Å²) in [6, 6.07) is 17.1. The van der Waals surface area contributed by atoms with Crippen LogP contribution in [-0.2, 0) is 4.79 Å². The number of carbonyl (C=O) groups excluding carboxylic acids is 2. The molecule has 0 saturated heterocycles. The number of amides is 1. The summed E-state index contributed by atoms with van der Waals surface area (Å²) in [4.78, 5) is 24.4. The van der Waals surface area contributed by atoms with Crippen LogP contribution in [0.25, 0.3) is 16.6 Å². The Balaban J connectivity index is 1.50. The molecule has 4 aromatic rings. The van der Waals surface area contributed by atoms with E-state index in [4.69, 9.17) is 0 Å². The molecule has 2 heterocycles. The summed E-state index contributed by atoms with van der Waals surface area (Å²) in [7, 11) is 0. The zero-order valence-corrected chi connectivity index (χ0v) is 17.7. The molecular weight excluding hydrogens is 396 g/mol. The second kappa shape index (κ2) is 8.67. The summed E-state index contributed by atoms with van der Waals surface area (Å²) in [5.41, 5.74) is 4.24. The van der Waals surface area contributed by atoms with E-state index in [9.17, 15) is 9.59 Å². The van der Waals surface area contributed by atoms with E-state index in [0.29, 0.717) is 22.8 Å². The van der Waals surface area contributed by atoms with Crippen LogP contribution in [0, 0.1) is 6.92 Å². The highest BCUT2D eigenvalue weighted by Gasteiger charge is 2.14. The minimum Gasteiger partial charge on any atom is -0.326 e. The maximum Gasteiger partial charge on any atom is 0.224 e. The topological polar surface area (TPSA) is 76.4 Å². The molecule has 2 aromatic carbocycles. The first kappa shape index (κ1) is 20.1. The van der Waals surface area contributed by atoms with Crippen molar-refractivity contribution in [2.45, 2.75) is 31.8 Å². The lowest BCUT2D eigenvalue weighted by Crippen LogP contribution is -2.11. The van der Waals surface area contributed by atoms with E-state index in [0.717, 1.165) is 28.5 Å². The quantitative estimate of drug-likeness (QED) is 0.341. The van der Waals surface area contributed by atoms with Crippen LogP contribution < -0.4 is 5.32 Å². The van der Waals surface area contributed by atoms with Crippen molar-refractivity contribution in [3.05, 3.63) is 65.7 Å². The Labute approximate surface area is 178 Å². The minimum absolute atomic E-state index is 0.000369. The van der Waals surface area contributed by atoms with Crippen LogP contribution >= 0.6 is 11.8 Å². The number of thioether (sulfide) groups is 1. The van der Waals surface area contributed by atoms with Crippen molar-refractivity contribution in [1.29, 1.82) is 0 Å². The number of Topliss-reactive ketones (excluding diaryl/α,β-unsaturated/α-hetero) is 1. The molecule has 1 amide bonds. The number of fused-ring (bicyclic) bond motifs is 3. The third-order valence-electron chi connectivity index (χ3n) is 4.87. The van der Waals surface area contributed by atoms with Gasteiger partial charge in [0.2, 0.25) is 5.91 Å². The van der Waals surface area contributed by atoms with Gasteiger partial charge in [0.05, 0.1) is 11.3 Å². The summed E-state index contributed by atoms with van der Waals surface area (Å²) in [6.07, 6.45) is 1.28. The molecule has 0 aliphatic rings. The number of nitrogens with zero attached hydrogens (tertiary/aromatic N) is 3. The van der Waals surface area contributed by atoms with E-state index in [1.807, 2.05) is 35.6 Å². The molecular formula is C23H22N4O2S. The number of hydrogen-bond acceptors (Lipinski definition) is 5. The molecule has 0 unspecified atom stereocenters. The molecule has 0 saturated carbocycles. The van der Waals surface area contributed by atoms with Crippen LogP contribution in [0.15, 0.2) is 59.8 Å². The summed E-state index contributed by atoms with van der Waals surface area (Å²) in [5, 5.41) is 13.2. The zero-order valence-electron chi connectivity index (χ0n) is 16.9. The molecule has 2 aromatic heterocycles. The number of aryl methyl sites for hydroxylation is 1. The Morgan fingerprint density at radius 1 is 1.07 bits per heavy atom. The third-order valence-corrected chi connectivity index (χ3v) is 5.80. The molecule has 0 fully saturated rings. The summed E-state index contributed by atoms with van der Waals surface area (Å²) in [6.45, 7) is 4.02. The number of hydrogen-bond donors (Lipinski definition) is 1. The molecule has 0 atom stereocenters. The molecule has 4 rings (SSSR count). The van der Waals surface area contributed by atoms with Crippen LogP contribution in [-0.4, -0.2) is 32.0 Å². The zero-order chi connectivity index (χ0) is 21.1. The molecule has 6 nitrogen and oxygen atoms in total. The smallest absolute Gasteiger partial charge is 0.224 e. The Kier molecular flexibility index (Phi) is 5.81. The molecule has 7 heteroatoms. The third kappa shape index (κ3) is 4.07. The van der Waals surface area contributed by atoms with Crippen LogP contribution in [0.3, 0.4) is 0 Å². The van der Waals surface area contributed by atoms with E-state index in [1.54, 1.807) is 24.3 Å². The van der Waals surface area contributed by atoms with Gasteiger partial charge in [0.25, 0.3) is 0 Å². The van der Waals surface area contributed by atoms with Gasteiger partial charge in [-0.1, -0.05) is 36.9 Å². The van der Waals surface area contributed by atoms with Crippen molar-refractivity contribution < 1.29 is 9.59 Å². The lowest BCUT2D eigenvalue weighted by molar-refractivity contribution is -0.116. The second-order valence-corrected chi connectivity index (χ2v) is 8.05. The van der Waals surface area contributed by atoms with Gasteiger partial charge in [0, 0.05) is 23.1 Å². The van der Waals surface area contributed by atoms with Gasteiger partial charge in [0.15, 0.2) is 16.6 Å². The van der Waals surface area contributed by atoms with Crippen molar-refractivity contribution in [2.24, 2.45) is 0 Å². The van der Waals surface area contributed by atoms with Gasteiger partial charge in [-0.2, -0.15) is 0 Å². The standard InChI is InChI=1S/C23H22N4O2S/c1-3-6-22(29)24-17-11-9-16(10-12-17)20(28)14-30-23-26-25-21-13-15(2)18-7-4-5-8-19(18)27(21)23/h4-5,7-13H,3,6,14H2,1-2H3,(H,24,29). The maximum atomic E-state index is 12.7. The number of carbonyl (C=O) groups is 2. The Bertz CT molecular complexity index is 1230. The Morgan fingerprint density at radius 2 is 1.83 bits per heavy atom. The van der Waals surface area contributed by atoms with Crippen LogP contribution in [0.5, 0.6) is 0 Å². The van der Waals surface area contributed by atoms with Crippen molar-refractivity contribution in [3.8, 4) is 0 Å². The predicted molar refractivity (Wildman–Crippen MR) is 120 cm³/mol. The summed E-state index contributed by atoms with van der Waals surface area (Å²) in [5.74, 6) is 0.234. The van der Waals surface area contributed by atoms with E-state index in [2.05, 4.69) is 28.5 Å². The lowest BCUT2D eigenvalue weighted by atomic mass is 10.1. The maximum absolute atomic E-state index is 12.7. The average molecular weight is 419 g/mol. The number of anilines is 1. The van der Waals surface area contributed by atoms with Crippen molar-refractivity contribution in [1.82, 2.24) is 14.6 Å². The molecule has 0 aliphatic heterocycles. The molecule has 1 N–H and O–H groups in total.